The Kier molecular flexibility index (Phi) is 5.00. The van der Waals surface area contributed by atoms with Crippen molar-refractivity contribution in [2.75, 3.05) is 20.2 Å². The Bertz CT molecular complexity index is 673. The third kappa shape index (κ3) is 3.22. The second kappa shape index (κ2) is 7.18. The summed E-state index contributed by atoms with van der Waals surface area (Å²) >= 11 is 0. The number of methoxy groups -OCH3 is 1. The molecule has 0 amide bonds. The molecule has 0 spiro atoms. The third-order valence-electron chi connectivity index (χ3n) is 4.92. The fraction of sp³-hybridized carbons (Fsp3) is 0.474. The van der Waals surface area contributed by atoms with Gasteiger partial charge in [-0.05, 0) is 18.4 Å². The van der Waals surface area contributed by atoms with Crippen LogP contribution in [0.3, 0.4) is 0 Å². The summed E-state index contributed by atoms with van der Waals surface area (Å²) < 4.78 is 10.8. The summed E-state index contributed by atoms with van der Waals surface area (Å²) in [6.45, 7) is 4.36. The van der Waals surface area contributed by atoms with Crippen molar-refractivity contribution in [2.24, 2.45) is 0 Å². The van der Waals surface area contributed by atoms with Crippen LogP contribution in [0.5, 0.6) is 0 Å². The topological polar surface area (TPSA) is 55.6 Å². The van der Waals surface area contributed by atoms with Gasteiger partial charge in [-0.15, -0.1) is 0 Å². The molecule has 1 saturated heterocycles. The molecule has 5 nitrogen and oxygen atoms in total. The summed E-state index contributed by atoms with van der Waals surface area (Å²) in [5.74, 6) is 1.52. The second-order valence-corrected chi connectivity index (χ2v) is 6.29. The van der Waals surface area contributed by atoms with Gasteiger partial charge >= 0.3 is 5.97 Å². The van der Waals surface area contributed by atoms with Gasteiger partial charge in [0.2, 0.25) is 5.89 Å². The molecular formula is C19H24N2O3. The predicted molar refractivity (Wildman–Crippen MR) is 90.5 cm³/mol. The average Bonchev–Trinajstić information content (AvgIpc) is 3.10. The highest BCUT2D eigenvalue weighted by Gasteiger charge is 2.43. The van der Waals surface area contributed by atoms with Gasteiger partial charge in [-0.3, -0.25) is 9.69 Å². The molecule has 0 bridgehead atoms. The Balaban J connectivity index is 1.71. The predicted octanol–water partition coefficient (Wildman–Crippen LogP) is 2.94. The smallest absolute Gasteiger partial charge is 0.316 e. The molecule has 128 valence electrons. The van der Waals surface area contributed by atoms with Gasteiger partial charge in [0.25, 0.3) is 0 Å². The van der Waals surface area contributed by atoms with Crippen LogP contribution in [0.15, 0.2) is 40.9 Å². The number of rotatable bonds is 5. The van der Waals surface area contributed by atoms with Gasteiger partial charge in [-0.2, -0.15) is 0 Å². The number of aryl methyl sites for hydroxylation is 1. The molecule has 0 radical (unpaired) electrons. The first-order chi connectivity index (χ1) is 11.7. The quantitative estimate of drug-likeness (QED) is 0.790. The molecule has 0 aliphatic carbocycles. The maximum absolute atomic E-state index is 12.5. The molecule has 1 aromatic heterocycles. The van der Waals surface area contributed by atoms with Crippen molar-refractivity contribution in [1.82, 2.24) is 9.88 Å². The summed E-state index contributed by atoms with van der Waals surface area (Å²) in [5, 5.41) is 0. The number of carbonyl (C=O) groups is 1. The zero-order valence-corrected chi connectivity index (χ0v) is 14.3. The van der Waals surface area contributed by atoms with Crippen LogP contribution in [0.1, 0.15) is 37.0 Å². The standard InChI is InChI=1S/C19H24N2O3/c1-3-16-13-20-17(24-16)14-21-11-9-19(10-12-21,18(22)23-2)15-7-5-4-6-8-15/h4-8,13H,3,9-12,14H2,1-2H3. The number of carbonyl (C=O) groups excluding carboxylic acids is 1. The molecule has 2 heterocycles. The number of aromatic nitrogens is 1. The molecule has 1 fully saturated rings. The lowest BCUT2D eigenvalue weighted by Crippen LogP contribution is -2.47. The Morgan fingerprint density at radius 3 is 2.58 bits per heavy atom. The first-order valence-corrected chi connectivity index (χ1v) is 8.48. The third-order valence-corrected chi connectivity index (χ3v) is 4.92. The molecule has 0 atom stereocenters. The van der Waals surface area contributed by atoms with E-state index in [-0.39, 0.29) is 5.97 Å². The Morgan fingerprint density at radius 1 is 1.29 bits per heavy atom. The molecule has 3 rings (SSSR count). The highest BCUT2D eigenvalue weighted by atomic mass is 16.5. The van der Waals surface area contributed by atoms with Gasteiger partial charge < -0.3 is 9.15 Å². The molecule has 2 aromatic rings. The number of benzene rings is 1. The number of hydrogen-bond donors (Lipinski definition) is 0. The van der Waals surface area contributed by atoms with Crippen molar-refractivity contribution in [3.8, 4) is 0 Å². The fourth-order valence-corrected chi connectivity index (χ4v) is 3.43. The van der Waals surface area contributed by atoms with Crippen LogP contribution in [-0.4, -0.2) is 36.1 Å². The lowest BCUT2D eigenvalue weighted by molar-refractivity contribution is -0.149. The van der Waals surface area contributed by atoms with Crippen molar-refractivity contribution < 1.29 is 13.9 Å². The number of oxazole rings is 1. The van der Waals surface area contributed by atoms with E-state index in [1.54, 1.807) is 6.20 Å². The van der Waals surface area contributed by atoms with Crippen molar-refractivity contribution in [2.45, 2.75) is 38.1 Å². The van der Waals surface area contributed by atoms with E-state index in [0.29, 0.717) is 6.54 Å². The van der Waals surface area contributed by atoms with Crippen molar-refractivity contribution >= 4 is 5.97 Å². The van der Waals surface area contributed by atoms with Crippen LogP contribution in [0.25, 0.3) is 0 Å². The fourth-order valence-electron chi connectivity index (χ4n) is 3.43. The van der Waals surface area contributed by atoms with Crippen molar-refractivity contribution in [1.29, 1.82) is 0 Å². The summed E-state index contributed by atoms with van der Waals surface area (Å²) in [7, 11) is 1.47. The van der Waals surface area contributed by atoms with Crippen LogP contribution in [0, 0.1) is 0 Å². The normalized spacial score (nSPS) is 17.6. The second-order valence-electron chi connectivity index (χ2n) is 6.29. The Labute approximate surface area is 142 Å². The van der Waals surface area contributed by atoms with Crippen LogP contribution in [0.2, 0.25) is 0 Å². The van der Waals surface area contributed by atoms with Crippen molar-refractivity contribution in [3.05, 3.63) is 53.7 Å². The van der Waals surface area contributed by atoms with E-state index in [2.05, 4.69) is 16.8 Å². The van der Waals surface area contributed by atoms with E-state index >= 15 is 0 Å². The zero-order chi connectivity index (χ0) is 17.0. The molecule has 1 aromatic carbocycles. The maximum Gasteiger partial charge on any atom is 0.316 e. The van der Waals surface area contributed by atoms with Crippen LogP contribution < -0.4 is 0 Å². The highest BCUT2D eigenvalue weighted by molar-refractivity contribution is 5.83. The van der Waals surface area contributed by atoms with Crippen molar-refractivity contribution in [3.63, 3.8) is 0 Å². The number of likely N-dealkylation sites (tertiary alicyclic amines) is 1. The van der Waals surface area contributed by atoms with Gasteiger partial charge in [-0.25, -0.2) is 4.98 Å². The van der Waals surface area contributed by atoms with Gasteiger partial charge in [0.1, 0.15) is 5.76 Å². The van der Waals surface area contributed by atoms with Gasteiger partial charge in [-0.1, -0.05) is 37.3 Å². The summed E-state index contributed by atoms with van der Waals surface area (Å²) in [6.07, 6.45) is 4.13. The van der Waals surface area contributed by atoms with Crippen LogP contribution in [-0.2, 0) is 27.9 Å². The van der Waals surface area contributed by atoms with Gasteiger partial charge in [0.05, 0.1) is 25.3 Å². The first kappa shape index (κ1) is 16.7. The summed E-state index contributed by atoms with van der Waals surface area (Å²) in [4.78, 5) is 19.1. The number of hydrogen-bond acceptors (Lipinski definition) is 5. The minimum atomic E-state index is -0.544. The molecule has 0 N–H and O–H groups in total. The Morgan fingerprint density at radius 2 is 2.00 bits per heavy atom. The lowest BCUT2D eigenvalue weighted by atomic mass is 9.72. The monoisotopic (exact) mass is 328 g/mol. The zero-order valence-electron chi connectivity index (χ0n) is 14.3. The SMILES string of the molecule is CCc1cnc(CN2CCC(C(=O)OC)(c3ccccc3)CC2)o1. The van der Waals surface area contributed by atoms with Gasteiger partial charge in [0.15, 0.2) is 0 Å². The lowest BCUT2D eigenvalue weighted by Gasteiger charge is -2.39. The number of nitrogens with zero attached hydrogens (tertiary/aromatic N) is 2. The summed E-state index contributed by atoms with van der Waals surface area (Å²) in [6, 6.07) is 9.97. The van der Waals surface area contributed by atoms with E-state index in [9.17, 15) is 4.79 Å². The maximum atomic E-state index is 12.5. The van der Waals surface area contributed by atoms with Crippen LogP contribution >= 0.6 is 0 Å². The Hall–Kier alpha value is -2.14. The molecule has 1 aliphatic heterocycles. The van der Waals surface area contributed by atoms with Crippen LogP contribution in [0.4, 0.5) is 0 Å². The molecule has 0 unspecified atom stereocenters. The average molecular weight is 328 g/mol. The number of esters is 1. The largest absolute Gasteiger partial charge is 0.468 e. The molecule has 24 heavy (non-hydrogen) atoms. The summed E-state index contributed by atoms with van der Waals surface area (Å²) in [5.41, 5.74) is 0.499. The van der Waals surface area contributed by atoms with E-state index < -0.39 is 5.41 Å². The minimum absolute atomic E-state index is 0.141. The van der Waals surface area contributed by atoms with Gasteiger partial charge in [0, 0.05) is 19.5 Å². The van der Waals surface area contributed by atoms with E-state index in [1.807, 2.05) is 30.3 Å². The number of ether oxygens (including phenoxy) is 1. The minimum Gasteiger partial charge on any atom is -0.468 e. The van der Waals surface area contributed by atoms with E-state index in [0.717, 1.165) is 49.6 Å². The van der Waals surface area contributed by atoms with E-state index in [4.69, 9.17) is 9.15 Å². The van der Waals surface area contributed by atoms with E-state index in [1.165, 1.54) is 7.11 Å². The molecular weight excluding hydrogens is 304 g/mol. The molecule has 0 saturated carbocycles. The molecule has 1 aliphatic rings. The number of piperidine rings is 1. The highest BCUT2D eigenvalue weighted by Crippen LogP contribution is 2.37. The first-order valence-electron chi connectivity index (χ1n) is 8.48. The molecule has 5 heteroatoms.